The zero-order valence-corrected chi connectivity index (χ0v) is 12.3. The number of nitrogens with zero attached hydrogens (tertiary/aromatic N) is 1. The third kappa shape index (κ3) is 4.57. The summed E-state index contributed by atoms with van der Waals surface area (Å²) in [6, 6.07) is 4.96. The van der Waals surface area contributed by atoms with Crippen molar-refractivity contribution in [1.82, 2.24) is 4.90 Å². The largest absolute Gasteiger partial charge is 0.464 e. The smallest absolute Gasteiger partial charge is 0.332 e. The molecular formula is C14H19N3O4. The molecule has 1 aromatic rings. The van der Waals surface area contributed by atoms with Gasteiger partial charge in [-0.15, -0.1) is 0 Å². The normalized spacial score (nSPS) is 11.4. The van der Waals surface area contributed by atoms with Crippen molar-refractivity contribution in [2.24, 2.45) is 5.73 Å². The van der Waals surface area contributed by atoms with Crippen LogP contribution < -0.4 is 11.1 Å². The van der Waals surface area contributed by atoms with Crippen molar-refractivity contribution >= 4 is 23.5 Å². The number of esters is 1. The van der Waals surface area contributed by atoms with Crippen molar-refractivity contribution in [3.8, 4) is 0 Å². The number of rotatable bonds is 5. The van der Waals surface area contributed by atoms with Gasteiger partial charge in [0.25, 0.3) is 11.8 Å². The first-order valence-corrected chi connectivity index (χ1v) is 6.41. The number of benzene rings is 1. The van der Waals surface area contributed by atoms with E-state index >= 15 is 0 Å². The Kier molecular flexibility index (Phi) is 5.86. The molecule has 0 aliphatic rings. The molecule has 7 heteroatoms. The lowest BCUT2D eigenvalue weighted by molar-refractivity contribution is -0.146. The van der Waals surface area contributed by atoms with Crippen LogP contribution in [-0.4, -0.2) is 49.4 Å². The number of ether oxygens (including phenoxy) is 1. The molecule has 114 valence electrons. The first-order chi connectivity index (χ1) is 9.86. The van der Waals surface area contributed by atoms with E-state index in [1.165, 1.54) is 11.0 Å². The molecule has 0 heterocycles. The van der Waals surface area contributed by atoms with Gasteiger partial charge in [-0.2, -0.15) is 0 Å². The van der Waals surface area contributed by atoms with Gasteiger partial charge in [0.1, 0.15) is 0 Å². The van der Waals surface area contributed by atoms with Gasteiger partial charge in [-0.3, -0.25) is 9.59 Å². The van der Waals surface area contributed by atoms with Crippen molar-refractivity contribution in [3.05, 3.63) is 29.8 Å². The lowest BCUT2D eigenvalue weighted by atomic mass is 10.1. The number of anilines is 1. The van der Waals surface area contributed by atoms with Crippen LogP contribution in [0.1, 0.15) is 17.3 Å². The monoisotopic (exact) mass is 293 g/mol. The molecule has 0 aliphatic heterocycles. The number of hydrogen-bond donors (Lipinski definition) is 2. The van der Waals surface area contributed by atoms with E-state index < -0.39 is 17.9 Å². The standard InChI is InChI=1S/C14H19N3O4/c1-4-21-14(20)11(15)12(18)16-10-7-5-6-9(8-10)13(19)17(2)3/h5-8,11H,4,15H2,1-3H3,(H,16,18). The van der Waals surface area contributed by atoms with Crippen molar-refractivity contribution in [1.29, 1.82) is 0 Å². The average molecular weight is 293 g/mol. The molecule has 7 nitrogen and oxygen atoms in total. The second-order valence-corrected chi connectivity index (χ2v) is 4.50. The fourth-order valence-electron chi connectivity index (χ4n) is 1.55. The topological polar surface area (TPSA) is 102 Å². The summed E-state index contributed by atoms with van der Waals surface area (Å²) in [5.74, 6) is -1.68. The molecule has 0 saturated carbocycles. The summed E-state index contributed by atoms with van der Waals surface area (Å²) in [4.78, 5) is 36.4. The number of carbonyl (C=O) groups excluding carboxylic acids is 3. The molecule has 0 aliphatic carbocycles. The molecule has 0 fully saturated rings. The molecule has 2 amide bonds. The molecule has 0 spiro atoms. The Morgan fingerprint density at radius 3 is 2.57 bits per heavy atom. The summed E-state index contributed by atoms with van der Waals surface area (Å²) in [5.41, 5.74) is 6.28. The lowest BCUT2D eigenvalue weighted by Crippen LogP contribution is -2.43. The molecule has 1 unspecified atom stereocenters. The molecule has 0 saturated heterocycles. The number of carbonyl (C=O) groups is 3. The number of nitrogens with two attached hydrogens (primary N) is 1. The summed E-state index contributed by atoms with van der Waals surface area (Å²) in [6.07, 6.45) is 0. The highest BCUT2D eigenvalue weighted by atomic mass is 16.5. The Balaban J connectivity index is 2.79. The maximum Gasteiger partial charge on any atom is 0.332 e. The maximum atomic E-state index is 11.8. The van der Waals surface area contributed by atoms with Crippen LogP contribution in [0.25, 0.3) is 0 Å². The molecular weight excluding hydrogens is 274 g/mol. The molecule has 0 bridgehead atoms. The Labute approximate surface area is 123 Å². The maximum absolute atomic E-state index is 11.8. The van der Waals surface area contributed by atoms with E-state index in [1.807, 2.05) is 0 Å². The van der Waals surface area contributed by atoms with E-state index in [9.17, 15) is 14.4 Å². The zero-order valence-electron chi connectivity index (χ0n) is 12.3. The summed E-state index contributed by atoms with van der Waals surface area (Å²) in [6.45, 7) is 1.77. The number of hydrogen-bond acceptors (Lipinski definition) is 5. The lowest BCUT2D eigenvalue weighted by Gasteiger charge is -2.13. The Hall–Kier alpha value is -2.41. The highest BCUT2D eigenvalue weighted by molar-refractivity contribution is 6.08. The van der Waals surface area contributed by atoms with Crippen LogP contribution in [0, 0.1) is 0 Å². The number of nitrogens with one attached hydrogen (secondary N) is 1. The van der Waals surface area contributed by atoms with Gasteiger partial charge >= 0.3 is 5.97 Å². The van der Waals surface area contributed by atoms with Gasteiger partial charge in [0.2, 0.25) is 0 Å². The molecule has 1 atom stereocenters. The van der Waals surface area contributed by atoms with E-state index in [0.717, 1.165) is 0 Å². The molecule has 21 heavy (non-hydrogen) atoms. The third-order valence-corrected chi connectivity index (χ3v) is 2.61. The fraction of sp³-hybridized carbons (Fsp3) is 0.357. The minimum Gasteiger partial charge on any atom is -0.464 e. The van der Waals surface area contributed by atoms with Crippen LogP contribution in [0.3, 0.4) is 0 Å². The first kappa shape index (κ1) is 16.6. The van der Waals surface area contributed by atoms with Crippen molar-refractivity contribution in [3.63, 3.8) is 0 Å². The van der Waals surface area contributed by atoms with E-state index in [2.05, 4.69) is 10.1 Å². The molecule has 1 rings (SSSR count). The number of amides is 2. The van der Waals surface area contributed by atoms with Crippen LogP contribution in [0.4, 0.5) is 5.69 Å². The van der Waals surface area contributed by atoms with Gasteiger partial charge in [0.05, 0.1) is 6.61 Å². The molecule has 0 radical (unpaired) electrons. The van der Waals surface area contributed by atoms with E-state index in [0.29, 0.717) is 11.3 Å². The average Bonchev–Trinajstić information content (AvgIpc) is 2.45. The highest BCUT2D eigenvalue weighted by Gasteiger charge is 2.23. The first-order valence-electron chi connectivity index (χ1n) is 6.41. The van der Waals surface area contributed by atoms with Gasteiger partial charge < -0.3 is 20.7 Å². The fourth-order valence-corrected chi connectivity index (χ4v) is 1.55. The summed E-state index contributed by atoms with van der Waals surface area (Å²) < 4.78 is 4.67. The van der Waals surface area contributed by atoms with Gasteiger partial charge in [-0.1, -0.05) is 6.07 Å². The van der Waals surface area contributed by atoms with Crippen LogP contribution in [0.15, 0.2) is 24.3 Å². The van der Waals surface area contributed by atoms with Gasteiger partial charge in [-0.05, 0) is 25.1 Å². The third-order valence-electron chi connectivity index (χ3n) is 2.61. The Morgan fingerprint density at radius 2 is 2.00 bits per heavy atom. The van der Waals surface area contributed by atoms with Crippen LogP contribution in [-0.2, 0) is 14.3 Å². The van der Waals surface area contributed by atoms with Crippen molar-refractivity contribution in [2.75, 3.05) is 26.0 Å². The SMILES string of the molecule is CCOC(=O)C(N)C(=O)Nc1cccc(C(=O)N(C)C)c1. The quantitative estimate of drug-likeness (QED) is 0.597. The second-order valence-electron chi connectivity index (χ2n) is 4.50. The molecule has 3 N–H and O–H groups in total. The highest BCUT2D eigenvalue weighted by Crippen LogP contribution is 2.12. The predicted molar refractivity (Wildman–Crippen MR) is 77.7 cm³/mol. The van der Waals surface area contributed by atoms with Crippen LogP contribution in [0.2, 0.25) is 0 Å². The Morgan fingerprint density at radius 1 is 1.33 bits per heavy atom. The van der Waals surface area contributed by atoms with Crippen LogP contribution >= 0.6 is 0 Å². The minimum absolute atomic E-state index is 0.145. The molecule has 0 aromatic heterocycles. The van der Waals surface area contributed by atoms with Crippen LogP contribution in [0.5, 0.6) is 0 Å². The minimum atomic E-state index is -1.40. The van der Waals surface area contributed by atoms with E-state index in [1.54, 1.807) is 39.2 Å². The van der Waals surface area contributed by atoms with E-state index in [4.69, 9.17) is 5.73 Å². The van der Waals surface area contributed by atoms with Gasteiger partial charge in [0, 0.05) is 25.3 Å². The summed E-state index contributed by atoms with van der Waals surface area (Å²) in [5, 5.41) is 2.48. The van der Waals surface area contributed by atoms with Gasteiger partial charge in [-0.25, -0.2) is 4.79 Å². The zero-order chi connectivity index (χ0) is 16.0. The van der Waals surface area contributed by atoms with Crippen molar-refractivity contribution in [2.45, 2.75) is 13.0 Å². The molecule has 1 aromatic carbocycles. The van der Waals surface area contributed by atoms with Gasteiger partial charge in [0.15, 0.2) is 6.04 Å². The summed E-state index contributed by atoms with van der Waals surface area (Å²) in [7, 11) is 3.26. The van der Waals surface area contributed by atoms with E-state index in [-0.39, 0.29) is 12.5 Å². The second kappa shape index (κ2) is 7.39. The predicted octanol–water partition coefficient (Wildman–Crippen LogP) is 0.217. The summed E-state index contributed by atoms with van der Waals surface area (Å²) >= 11 is 0. The Bertz CT molecular complexity index is 543. The van der Waals surface area contributed by atoms with Crippen molar-refractivity contribution < 1.29 is 19.1 Å².